The fourth-order valence-corrected chi connectivity index (χ4v) is 4.24. The Labute approximate surface area is 207 Å². The first-order valence-corrected chi connectivity index (χ1v) is 11.3. The number of esters is 3. The van der Waals surface area contributed by atoms with Crippen LogP contribution in [0.25, 0.3) is 22.4 Å². The summed E-state index contributed by atoms with van der Waals surface area (Å²) in [6.45, 7) is 7.34. The van der Waals surface area contributed by atoms with Gasteiger partial charge in [-0.1, -0.05) is 30.3 Å². The van der Waals surface area contributed by atoms with Crippen LogP contribution in [0.1, 0.15) is 32.6 Å². The van der Waals surface area contributed by atoms with Crippen LogP contribution in [0.3, 0.4) is 0 Å². The second kappa shape index (κ2) is 10.6. The van der Waals surface area contributed by atoms with Crippen molar-refractivity contribution in [2.24, 2.45) is 0 Å². The molecule has 0 N–H and O–H groups in total. The van der Waals surface area contributed by atoms with Gasteiger partial charge in [-0.2, -0.15) is 0 Å². The number of imidazole rings is 1. The van der Waals surface area contributed by atoms with Crippen LogP contribution < -0.4 is 0 Å². The van der Waals surface area contributed by atoms with Gasteiger partial charge in [0, 0.05) is 26.3 Å². The smallest absolute Gasteiger partial charge is 0.303 e. The van der Waals surface area contributed by atoms with Gasteiger partial charge in [0.15, 0.2) is 24.1 Å². The Morgan fingerprint density at radius 3 is 2.44 bits per heavy atom. The van der Waals surface area contributed by atoms with Gasteiger partial charge < -0.3 is 18.9 Å². The maximum atomic E-state index is 12.0. The maximum Gasteiger partial charge on any atom is 0.303 e. The summed E-state index contributed by atoms with van der Waals surface area (Å²) >= 11 is 0. The molecule has 0 aliphatic carbocycles. The van der Waals surface area contributed by atoms with Gasteiger partial charge in [-0.15, -0.1) is 6.58 Å². The summed E-state index contributed by atoms with van der Waals surface area (Å²) in [5.41, 5.74) is 3.45. The van der Waals surface area contributed by atoms with E-state index >= 15 is 0 Å². The highest BCUT2D eigenvalue weighted by atomic mass is 16.7. The van der Waals surface area contributed by atoms with Crippen molar-refractivity contribution in [1.29, 1.82) is 0 Å². The van der Waals surface area contributed by atoms with Crippen LogP contribution >= 0.6 is 0 Å². The fraction of sp³-hybridized carbons (Fsp3) is 0.360. The lowest BCUT2D eigenvalue weighted by molar-refractivity contribution is -0.166. The zero-order valence-electron chi connectivity index (χ0n) is 20.1. The minimum Gasteiger partial charge on any atom is -0.463 e. The lowest BCUT2D eigenvalue weighted by Gasteiger charge is -2.23. The molecule has 1 fully saturated rings. The minimum atomic E-state index is -1.05. The highest BCUT2D eigenvalue weighted by Crippen LogP contribution is 2.37. The van der Waals surface area contributed by atoms with Gasteiger partial charge in [0.05, 0.1) is 6.33 Å². The molecule has 1 aliphatic heterocycles. The van der Waals surface area contributed by atoms with Crippen molar-refractivity contribution >= 4 is 29.1 Å². The molecule has 0 unspecified atom stereocenters. The van der Waals surface area contributed by atoms with E-state index in [0.717, 1.165) is 11.1 Å². The van der Waals surface area contributed by atoms with Gasteiger partial charge in [-0.25, -0.2) is 15.0 Å². The predicted molar refractivity (Wildman–Crippen MR) is 126 cm³/mol. The number of hydrogen-bond donors (Lipinski definition) is 0. The monoisotopic (exact) mass is 494 g/mol. The van der Waals surface area contributed by atoms with Crippen LogP contribution in [0, 0.1) is 0 Å². The van der Waals surface area contributed by atoms with Crippen LogP contribution in [-0.4, -0.2) is 62.3 Å². The average Bonchev–Trinajstić information content (AvgIpc) is 3.39. The lowest BCUT2D eigenvalue weighted by atomic mass is 10.0. The number of ether oxygens (including phenoxy) is 4. The molecule has 0 amide bonds. The molecule has 0 spiro atoms. The van der Waals surface area contributed by atoms with Crippen LogP contribution in [0.5, 0.6) is 0 Å². The molecule has 11 heteroatoms. The molecule has 4 rings (SSSR count). The number of aromatic nitrogens is 4. The van der Waals surface area contributed by atoms with E-state index in [0.29, 0.717) is 23.3 Å². The molecule has 3 aromatic rings. The summed E-state index contributed by atoms with van der Waals surface area (Å²) in [6.07, 6.45) is 1.44. The Morgan fingerprint density at radius 1 is 1.03 bits per heavy atom. The Balaban J connectivity index is 1.78. The van der Waals surface area contributed by atoms with E-state index in [1.54, 1.807) is 4.57 Å². The predicted octanol–water partition coefficient (Wildman–Crippen LogP) is 2.55. The molecule has 11 nitrogen and oxygen atoms in total. The standard InChI is InChI=1S/C25H26N4O7/c1-5-8-17-9-6-7-10-18(17)20-21-24(27-12-26-20)29(13-28-21)25-23(35-16(4)32)22(34-15(3)31)19(36-25)11-33-14(2)30/h5-7,9-10,12-13,19,22-23,25H,1,8,11H2,2-4H3/t19-,22-,23-,25-/m1/s1. The number of rotatable bonds is 8. The summed E-state index contributed by atoms with van der Waals surface area (Å²) in [4.78, 5) is 48.6. The van der Waals surface area contributed by atoms with E-state index in [2.05, 4.69) is 21.5 Å². The molecule has 3 heterocycles. The van der Waals surface area contributed by atoms with E-state index in [-0.39, 0.29) is 6.61 Å². The summed E-state index contributed by atoms with van der Waals surface area (Å²) in [5.74, 6) is -1.73. The van der Waals surface area contributed by atoms with Crippen LogP contribution in [0.4, 0.5) is 0 Å². The van der Waals surface area contributed by atoms with Crippen molar-refractivity contribution in [2.75, 3.05) is 6.61 Å². The molecule has 2 aromatic heterocycles. The van der Waals surface area contributed by atoms with Gasteiger partial charge in [0.25, 0.3) is 0 Å². The number of nitrogens with zero attached hydrogens (tertiary/aromatic N) is 4. The highest BCUT2D eigenvalue weighted by molar-refractivity contribution is 5.88. The SMILES string of the molecule is C=CCc1ccccc1-c1ncnc2c1ncn2[C@@H]1O[C@H](COC(C)=O)[C@@H](OC(C)=O)[C@H]1OC(C)=O. The number of carbonyl (C=O) groups excluding carboxylic acids is 3. The molecule has 0 bridgehead atoms. The van der Waals surface area contributed by atoms with Crippen molar-refractivity contribution in [1.82, 2.24) is 19.5 Å². The fourth-order valence-electron chi connectivity index (χ4n) is 4.24. The first kappa shape index (κ1) is 25.0. The molecular formula is C25H26N4O7. The Hall–Kier alpha value is -4.12. The Morgan fingerprint density at radius 2 is 1.75 bits per heavy atom. The van der Waals surface area contributed by atoms with Gasteiger partial charge in [-0.05, 0) is 12.0 Å². The number of hydrogen-bond acceptors (Lipinski definition) is 10. The maximum absolute atomic E-state index is 12.0. The molecule has 0 saturated carbocycles. The molecule has 0 radical (unpaired) electrons. The number of fused-ring (bicyclic) bond motifs is 1. The molecule has 1 saturated heterocycles. The second-order valence-electron chi connectivity index (χ2n) is 8.21. The molecule has 4 atom stereocenters. The molecular weight excluding hydrogens is 468 g/mol. The van der Waals surface area contributed by atoms with E-state index in [9.17, 15) is 14.4 Å². The van der Waals surface area contributed by atoms with Gasteiger partial charge >= 0.3 is 17.9 Å². The van der Waals surface area contributed by atoms with E-state index in [4.69, 9.17) is 18.9 Å². The van der Waals surface area contributed by atoms with Crippen molar-refractivity contribution in [3.05, 3.63) is 55.1 Å². The molecule has 1 aliphatic rings. The van der Waals surface area contributed by atoms with Crippen LogP contribution in [-0.2, 0) is 39.8 Å². The van der Waals surface area contributed by atoms with Crippen molar-refractivity contribution in [2.45, 2.75) is 51.7 Å². The number of allylic oxidation sites excluding steroid dienone is 1. The third kappa shape index (κ3) is 5.10. The van der Waals surface area contributed by atoms with Crippen molar-refractivity contribution < 1.29 is 33.3 Å². The normalized spacial score (nSPS) is 21.2. The topological polar surface area (TPSA) is 132 Å². The third-order valence-electron chi connectivity index (χ3n) is 5.61. The van der Waals surface area contributed by atoms with E-state index < -0.39 is 42.4 Å². The van der Waals surface area contributed by atoms with E-state index in [1.807, 2.05) is 30.3 Å². The zero-order chi connectivity index (χ0) is 25.8. The largest absolute Gasteiger partial charge is 0.463 e. The third-order valence-corrected chi connectivity index (χ3v) is 5.61. The summed E-state index contributed by atoms with van der Waals surface area (Å²) in [6, 6.07) is 7.78. The number of carbonyl (C=O) groups is 3. The van der Waals surface area contributed by atoms with E-state index in [1.165, 1.54) is 33.4 Å². The van der Waals surface area contributed by atoms with Gasteiger partial charge in [-0.3, -0.25) is 19.0 Å². The summed E-state index contributed by atoms with van der Waals surface area (Å²) in [7, 11) is 0. The quantitative estimate of drug-likeness (QED) is 0.261. The Bertz CT molecular complexity index is 1300. The van der Waals surface area contributed by atoms with Gasteiger partial charge in [0.2, 0.25) is 0 Å². The Kier molecular flexibility index (Phi) is 7.39. The number of benzene rings is 1. The highest BCUT2D eigenvalue weighted by Gasteiger charge is 2.51. The minimum absolute atomic E-state index is 0.205. The van der Waals surface area contributed by atoms with Crippen molar-refractivity contribution in [3.8, 4) is 11.3 Å². The van der Waals surface area contributed by atoms with Gasteiger partial charge in [0.1, 0.15) is 30.2 Å². The average molecular weight is 495 g/mol. The molecule has 1 aromatic carbocycles. The van der Waals surface area contributed by atoms with Crippen LogP contribution in [0.15, 0.2) is 49.6 Å². The lowest BCUT2D eigenvalue weighted by Crippen LogP contribution is -2.40. The molecule has 36 heavy (non-hydrogen) atoms. The van der Waals surface area contributed by atoms with Crippen LogP contribution in [0.2, 0.25) is 0 Å². The summed E-state index contributed by atoms with van der Waals surface area (Å²) in [5, 5.41) is 0. The summed E-state index contributed by atoms with van der Waals surface area (Å²) < 4.78 is 23.8. The van der Waals surface area contributed by atoms with Crippen molar-refractivity contribution in [3.63, 3.8) is 0 Å². The second-order valence-corrected chi connectivity index (χ2v) is 8.21. The molecule has 188 valence electrons. The zero-order valence-corrected chi connectivity index (χ0v) is 20.1. The first-order valence-electron chi connectivity index (χ1n) is 11.3. The first-order chi connectivity index (χ1) is 17.3.